The number of para-hydroxylation sites is 2. The van der Waals surface area contributed by atoms with E-state index in [1.807, 2.05) is 11.3 Å². The molecule has 2 heteroatoms. The van der Waals surface area contributed by atoms with Crippen LogP contribution in [0.3, 0.4) is 0 Å². The van der Waals surface area contributed by atoms with Crippen LogP contribution < -0.4 is 0 Å². The maximum atomic E-state index is 2.47. The average Bonchev–Trinajstić information content (AvgIpc) is 3.90. The van der Waals surface area contributed by atoms with Crippen LogP contribution in [0.2, 0.25) is 0 Å². The zero-order chi connectivity index (χ0) is 41.7. The molecular weight excluding hydrogens is 779 g/mol. The minimum atomic E-state index is 0.0855. The van der Waals surface area contributed by atoms with Crippen LogP contribution in [0.4, 0.5) is 0 Å². The number of nitrogens with zero attached hydrogens (tertiary/aromatic N) is 1. The Hall–Kier alpha value is -7.52. The van der Waals surface area contributed by atoms with E-state index in [4.69, 9.17) is 0 Å². The summed E-state index contributed by atoms with van der Waals surface area (Å²) >= 11 is 1.88. The van der Waals surface area contributed by atoms with Gasteiger partial charge in [-0.3, -0.25) is 0 Å². The summed E-state index contributed by atoms with van der Waals surface area (Å²) in [7, 11) is 0. The normalized spacial score (nSPS) is 13.2. The van der Waals surface area contributed by atoms with Gasteiger partial charge < -0.3 is 4.57 Å². The van der Waals surface area contributed by atoms with Crippen LogP contribution in [0.1, 0.15) is 41.0 Å². The van der Waals surface area contributed by atoms with Crippen molar-refractivity contribution in [1.82, 2.24) is 4.57 Å². The van der Waals surface area contributed by atoms with E-state index in [2.05, 4.69) is 235 Å². The molecule has 63 heavy (non-hydrogen) atoms. The van der Waals surface area contributed by atoms with Crippen LogP contribution >= 0.6 is 11.3 Å². The zero-order valence-corrected chi connectivity index (χ0v) is 35.6. The number of rotatable bonds is 8. The SMILES string of the molecule is C1=CCCC(c2ccc(C(c3ccc(-c4ccccc4)cc3)c3ccc4sc5ccc(-c6cccc(-c7ccc8c(c7)c7ccccc7n8-c7ccccc7)c6)cc5c4c3)cc2)=C1. The zero-order valence-electron chi connectivity index (χ0n) is 34.8. The van der Waals surface area contributed by atoms with Gasteiger partial charge >= 0.3 is 0 Å². The minimum absolute atomic E-state index is 0.0855. The van der Waals surface area contributed by atoms with E-state index in [0.29, 0.717) is 0 Å². The number of fused-ring (bicyclic) bond motifs is 6. The molecule has 298 valence electrons. The molecule has 0 N–H and O–H groups in total. The van der Waals surface area contributed by atoms with Crippen molar-refractivity contribution in [2.75, 3.05) is 0 Å². The Bertz CT molecular complexity index is 3530. The highest BCUT2D eigenvalue weighted by Crippen LogP contribution is 2.42. The number of benzene rings is 9. The topological polar surface area (TPSA) is 4.93 Å². The number of allylic oxidation sites excluding steroid dienone is 4. The van der Waals surface area contributed by atoms with Gasteiger partial charge in [-0.1, -0.05) is 170 Å². The molecule has 0 radical (unpaired) electrons. The number of hydrogen-bond acceptors (Lipinski definition) is 1. The van der Waals surface area contributed by atoms with E-state index in [0.717, 1.165) is 12.8 Å². The smallest absolute Gasteiger partial charge is 0.0541 e. The highest BCUT2D eigenvalue weighted by Gasteiger charge is 2.20. The van der Waals surface area contributed by atoms with Gasteiger partial charge in [0.05, 0.1) is 11.0 Å². The molecule has 0 saturated carbocycles. The van der Waals surface area contributed by atoms with Gasteiger partial charge in [0.2, 0.25) is 0 Å². The lowest BCUT2D eigenvalue weighted by Crippen LogP contribution is -2.04. The van der Waals surface area contributed by atoms with Gasteiger partial charge in [0.1, 0.15) is 0 Å². The lowest BCUT2D eigenvalue weighted by molar-refractivity contribution is 0.979. The molecule has 1 unspecified atom stereocenters. The maximum absolute atomic E-state index is 2.47. The Morgan fingerprint density at radius 3 is 1.65 bits per heavy atom. The lowest BCUT2D eigenvalue weighted by Gasteiger charge is -2.21. The Morgan fingerprint density at radius 1 is 0.381 bits per heavy atom. The second-order valence-corrected chi connectivity index (χ2v) is 17.9. The molecule has 0 saturated heterocycles. The van der Waals surface area contributed by atoms with Crippen LogP contribution in [0, 0.1) is 0 Å². The molecule has 1 nitrogen and oxygen atoms in total. The third kappa shape index (κ3) is 6.81. The number of aromatic nitrogens is 1. The van der Waals surface area contributed by atoms with E-state index in [1.165, 1.54) is 109 Å². The van der Waals surface area contributed by atoms with E-state index in [9.17, 15) is 0 Å². The summed E-state index contributed by atoms with van der Waals surface area (Å²) in [5.41, 5.74) is 17.6. The third-order valence-corrected chi connectivity index (χ3v) is 14.2. The van der Waals surface area contributed by atoms with Gasteiger partial charge in [-0.05, 0) is 135 Å². The molecule has 11 aromatic rings. The fraction of sp³-hybridized carbons (Fsp3) is 0.0492. The standard InChI is InChI=1S/C61H43NS/c1-4-13-41(14-5-1)43-23-27-45(28-24-43)61(46-29-25-44(26-30-46)42-15-6-2-7-16-42)51-33-36-60-56(40-51)55-39-50(32-35-59(55)63-60)48-18-12-17-47(37-48)49-31-34-58-54(38-49)53-21-10-11-22-57(53)62(58)52-19-8-3-9-20-52/h1-6,8-15,17-40,61H,7,16H2. The maximum Gasteiger partial charge on any atom is 0.0541 e. The summed E-state index contributed by atoms with van der Waals surface area (Å²) in [6.45, 7) is 0. The molecule has 0 spiro atoms. The van der Waals surface area contributed by atoms with Crippen molar-refractivity contribution in [3.63, 3.8) is 0 Å². The molecule has 0 amide bonds. The Labute approximate surface area is 372 Å². The van der Waals surface area contributed by atoms with Crippen molar-refractivity contribution >= 4 is 58.9 Å². The molecular formula is C61H43NS. The van der Waals surface area contributed by atoms with Gasteiger partial charge in [-0.15, -0.1) is 11.3 Å². The Kier molecular flexibility index (Phi) is 9.31. The largest absolute Gasteiger partial charge is 0.309 e. The second kappa shape index (κ2) is 15.7. The predicted octanol–water partition coefficient (Wildman–Crippen LogP) is 17.1. The summed E-state index contributed by atoms with van der Waals surface area (Å²) in [4.78, 5) is 0. The van der Waals surface area contributed by atoms with E-state index in [1.54, 1.807) is 0 Å². The van der Waals surface area contributed by atoms with E-state index < -0.39 is 0 Å². The van der Waals surface area contributed by atoms with Crippen molar-refractivity contribution in [2.24, 2.45) is 0 Å². The molecule has 1 aliphatic rings. The Morgan fingerprint density at radius 2 is 0.921 bits per heavy atom. The third-order valence-electron chi connectivity index (χ3n) is 13.0. The molecule has 9 aromatic carbocycles. The fourth-order valence-corrected chi connectivity index (χ4v) is 10.9. The molecule has 0 bridgehead atoms. The van der Waals surface area contributed by atoms with Crippen LogP contribution in [-0.4, -0.2) is 4.57 Å². The van der Waals surface area contributed by atoms with Gasteiger partial charge in [-0.2, -0.15) is 0 Å². The summed E-state index contributed by atoms with van der Waals surface area (Å²) in [6.07, 6.45) is 8.91. The first-order valence-corrected chi connectivity index (χ1v) is 22.8. The van der Waals surface area contributed by atoms with Gasteiger partial charge in [-0.25, -0.2) is 0 Å². The summed E-state index contributed by atoms with van der Waals surface area (Å²) in [5, 5.41) is 5.15. The predicted molar refractivity (Wildman–Crippen MR) is 270 cm³/mol. The van der Waals surface area contributed by atoms with Crippen LogP contribution in [0.15, 0.2) is 231 Å². The van der Waals surface area contributed by atoms with Crippen molar-refractivity contribution in [2.45, 2.75) is 18.8 Å². The van der Waals surface area contributed by atoms with Crippen LogP contribution in [-0.2, 0) is 0 Å². The fourth-order valence-electron chi connectivity index (χ4n) is 9.85. The monoisotopic (exact) mass is 821 g/mol. The minimum Gasteiger partial charge on any atom is -0.309 e. The highest BCUT2D eigenvalue weighted by molar-refractivity contribution is 7.25. The lowest BCUT2D eigenvalue weighted by atomic mass is 9.83. The van der Waals surface area contributed by atoms with Gasteiger partial charge in [0.15, 0.2) is 0 Å². The molecule has 12 rings (SSSR count). The summed E-state index contributed by atoms with van der Waals surface area (Å²) in [5.74, 6) is 0.0855. The number of hydrogen-bond donors (Lipinski definition) is 0. The van der Waals surface area contributed by atoms with Crippen molar-refractivity contribution in [3.8, 4) is 39.1 Å². The molecule has 1 atom stereocenters. The quantitative estimate of drug-likeness (QED) is 0.135. The van der Waals surface area contributed by atoms with Crippen molar-refractivity contribution in [1.29, 1.82) is 0 Å². The van der Waals surface area contributed by atoms with Crippen molar-refractivity contribution < 1.29 is 0 Å². The van der Waals surface area contributed by atoms with Crippen LogP contribution in [0.25, 0.3) is 86.6 Å². The molecule has 0 fully saturated rings. The first kappa shape index (κ1) is 37.3. The Balaban J connectivity index is 0.928. The molecule has 0 aliphatic heterocycles. The van der Waals surface area contributed by atoms with Gasteiger partial charge in [0.25, 0.3) is 0 Å². The first-order chi connectivity index (χ1) is 31.2. The average molecular weight is 822 g/mol. The number of thiophene rings is 1. The summed E-state index contributed by atoms with van der Waals surface area (Å²) < 4.78 is 5.00. The van der Waals surface area contributed by atoms with Gasteiger partial charge in [0, 0.05) is 42.6 Å². The van der Waals surface area contributed by atoms with Crippen molar-refractivity contribution in [3.05, 3.63) is 253 Å². The molecule has 2 aromatic heterocycles. The highest BCUT2D eigenvalue weighted by atomic mass is 32.1. The summed E-state index contributed by atoms with van der Waals surface area (Å²) in [6, 6.07) is 78.9. The second-order valence-electron chi connectivity index (χ2n) is 16.8. The van der Waals surface area contributed by atoms with E-state index >= 15 is 0 Å². The molecule has 1 aliphatic carbocycles. The first-order valence-electron chi connectivity index (χ1n) is 22.0. The van der Waals surface area contributed by atoms with E-state index in [-0.39, 0.29) is 5.92 Å². The molecule has 2 heterocycles. The van der Waals surface area contributed by atoms with Crippen LogP contribution in [0.5, 0.6) is 0 Å².